The summed E-state index contributed by atoms with van der Waals surface area (Å²) in [5.74, 6) is -0.438. The van der Waals surface area contributed by atoms with Gasteiger partial charge in [0.2, 0.25) is 0 Å². The van der Waals surface area contributed by atoms with E-state index in [0.717, 1.165) is 29.4 Å². The topological polar surface area (TPSA) is 70.2 Å². The first-order chi connectivity index (χ1) is 13.5. The summed E-state index contributed by atoms with van der Waals surface area (Å²) in [5, 5.41) is 11.2. The van der Waals surface area contributed by atoms with E-state index >= 15 is 0 Å². The number of carbonyl (C=O) groups excluding carboxylic acids is 1. The summed E-state index contributed by atoms with van der Waals surface area (Å²) in [6.45, 7) is 1.52. The maximum absolute atomic E-state index is 13.2. The maximum atomic E-state index is 13.2. The fraction of sp³-hybridized carbons (Fsp3) is 0.333. The molecule has 3 aromatic rings. The minimum Gasteiger partial charge on any atom is -0.367 e. The van der Waals surface area contributed by atoms with E-state index in [9.17, 15) is 9.18 Å². The van der Waals surface area contributed by atoms with Crippen LogP contribution in [0.4, 0.5) is 10.1 Å². The summed E-state index contributed by atoms with van der Waals surface area (Å²) < 4.78 is 18.9. The number of nitrogens with one attached hydrogen (secondary N) is 2. The second-order valence-corrected chi connectivity index (χ2v) is 7.33. The van der Waals surface area contributed by atoms with Crippen LogP contribution >= 0.6 is 0 Å². The minimum atomic E-state index is -0.849. The lowest BCUT2D eigenvalue weighted by Gasteiger charge is -2.38. The molecule has 2 N–H and O–H groups in total. The van der Waals surface area contributed by atoms with Gasteiger partial charge >= 0.3 is 0 Å². The fourth-order valence-electron chi connectivity index (χ4n) is 3.84. The number of halogens is 1. The predicted octanol–water partition coefficient (Wildman–Crippen LogP) is 3.42. The van der Waals surface area contributed by atoms with Gasteiger partial charge in [-0.3, -0.25) is 9.89 Å². The summed E-state index contributed by atoms with van der Waals surface area (Å²) in [5.41, 5.74) is 2.18. The van der Waals surface area contributed by atoms with E-state index in [1.54, 1.807) is 19.2 Å². The van der Waals surface area contributed by atoms with Crippen molar-refractivity contribution in [2.75, 3.05) is 32.6 Å². The number of likely N-dealkylation sites (N-methyl/N-ethyl adjacent to an activating group) is 1. The zero-order chi connectivity index (χ0) is 19.7. The summed E-state index contributed by atoms with van der Waals surface area (Å²) in [6.07, 6.45) is 1.60. The van der Waals surface area contributed by atoms with Crippen molar-refractivity contribution < 1.29 is 13.9 Å². The average Bonchev–Trinajstić information content (AvgIpc) is 3.11. The molecule has 0 aliphatic carbocycles. The number of ether oxygens (including phenoxy) is 1. The molecular weight excluding hydrogens is 359 g/mol. The zero-order valence-electron chi connectivity index (χ0n) is 16.0. The summed E-state index contributed by atoms with van der Waals surface area (Å²) in [4.78, 5) is 15.1. The maximum Gasteiger partial charge on any atom is 0.257 e. The van der Waals surface area contributed by atoms with Gasteiger partial charge in [-0.25, -0.2) is 4.39 Å². The predicted molar refractivity (Wildman–Crippen MR) is 107 cm³/mol. The second-order valence-electron chi connectivity index (χ2n) is 7.33. The number of benzene rings is 2. The molecule has 4 rings (SSSR count). The van der Waals surface area contributed by atoms with Crippen molar-refractivity contribution in [2.45, 2.75) is 18.4 Å². The van der Waals surface area contributed by atoms with Crippen LogP contribution in [0.3, 0.4) is 0 Å². The number of hydrogen-bond donors (Lipinski definition) is 2. The van der Waals surface area contributed by atoms with Gasteiger partial charge in [-0.15, -0.1) is 0 Å². The highest BCUT2D eigenvalue weighted by Crippen LogP contribution is 2.30. The highest BCUT2D eigenvalue weighted by molar-refractivity contribution is 6.01. The van der Waals surface area contributed by atoms with Crippen LogP contribution < -0.4 is 5.32 Å². The minimum absolute atomic E-state index is 0.146. The van der Waals surface area contributed by atoms with Crippen LogP contribution in [0.5, 0.6) is 0 Å². The third kappa shape index (κ3) is 3.39. The Labute approximate surface area is 162 Å². The molecule has 2 heterocycles. The average molecular weight is 382 g/mol. The highest BCUT2D eigenvalue weighted by atomic mass is 19.1. The van der Waals surface area contributed by atoms with Gasteiger partial charge in [-0.05, 0) is 68.9 Å². The number of fused-ring (bicyclic) bond motifs is 1. The summed E-state index contributed by atoms with van der Waals surface area (Å²) in [6, 6.07) is 11.8. The lowest BCUT2D eigenvalue weighted by atomic mass is 9.91. The van der Waals surface area contributed by atoms with Crippen molar-refractivity contribution in [3.8, 4) is 11.3 Å². The number of piperidine rings is 1. The largest absolute Gasteiger partial charge is 0.367 e. The monoisotopic (exact) mass is 382 g/mol. The summed E-state index contributed by atoms with van der Waals surface area (Å²) >= 11 is 0. The number of anilines is 1. The number of methoxy groups -OCH3 is 1. The molecule has 1 aromatic heterocycles. The van der Waals surface area contributed by atoms with Gasteiger partial charge in [0, 0.05) is 30.3 Å². The Morgan fingerprint density at radius 3 is 2.79 bits per heavy atom. The molecular formula is C21H23FN4O2. The van der Waals surface area contributed by atoms with E-state index in [0.29, 0.717) is 24.3 Å². The number of nitrogens with zero attached hydrogens (tertiary/aromatic N) is 2. The molecule has 146 valence electrons. The smallest absolute Gasteiger partial charge is 0.257 e. The third-order valence-corrected chi connectivity index (χ3v) is 5.39. The van der Waals surface area contributed by atoms with Crippen LogP contribution in [0.25, 0.3) is 22.2 Å². The standard InChI is InChI=1S/C21H23FN4O2/c1-26-11-3-10-21(13-26,28-2)20(27)23-16-8-9-18-17(12-16)19(25-24-18)14-4-6-15(22)7-5-14/h4-9,12H,3,10-11,13H2,1-2H3,(H,23,27)(H,24,25). The van der Waals surface area contributed by atoms with Gasteiger partial charge in [0.25, 0.3) is 5.91 Å². The van der Waals surface area contributed by atoms with E-state index < -0.39 is 5.60 Å². The van der Waals surface area contributed by atoms with Crippen molar-refractivity contribution in [1.82, 2.24) is 15.1 Å². The number of likely N-dealkylation sites (tertiary alicyclic amines) is 1. The normalized spacial score (nSPS) is 20.4. The summed E-state index contributed by atoms with van der Waals surface area (Å²) in [7, 11) is 3.58. The number of aromatic amines is 1. The molecule has 1 aliphatic heterocycles. The highest BCUT2D eigenvalue weighted by Gasteiger charge is 2.41. The quantitative estimate of drug-likeness (QED) is 0.725. The Bertz CT molecular complexity index is 1000. The number of carbonyl (C=O) groups is 1. The number of aromatic nitrogens is 2. The molecule has 1 unspecified atom stereocenters. The number of hydrogen-bond acceptors (Lipinski definition) is 4. The van der Waals surface area contributed by atoms with Crippen molar-refractivity contribution in [1.29, 1.82) is 0 Å². The van der Waals surface area contributed by atoms with E-state index in [4.69, 9.17) is 4.74 Å². The van der Waals surface area contributed by atoms with E-state index in [1.807, 2.05) is 25.2 Å². The second kappa shape index (κ2) is 7.33. The Balaban J connectivity index is 1.63. The molecule has 7 heteroatoms. The van der Waals surface area contributed by atoms with Gasteiger partial charge in [0.1, 0.15) is 5.82 Å². The number of H-pyrrole nitrogens is 1. The molecule has 1 aliphatic rings. The first kappa shape index (κ1) is 18.6. The third-order valence-electron chi connectivity index (χ3n) is 5.39. The Morgan fingerprint density at radius 2 is 2.07 bits per heavy atom. The fourth-order valence-corrected chi connectivity index (χ4v) is 3.84. The van der Waals surface area contributed by atoms with Crippen LogP contribution in [0.15, 0.2) is 42.5 Å². The molecule has 0 bridgehead atoms. The van der Waals surface area contributed by atoms with E-state index in [2.05, 4.69) is 20.4 Å². The molecule has 6 nitrogen and oxygen atoms in total. The Hall–Kier alpha value is -2.77. The van der Waals surface area contributed by atoms with Crippen molar-refractivity contribution >= 4 is 22.5 Å². The number of rotatable bonds is 4. The lowest BCUT2D eigenvalue weighted by molar-refractivity contribution is -0.144. The molecule has 1 atom stereocenters. The molecule has 1 saturated heterocycles. The Morgan fingerprint density at radius 1 is 1.29 bits per heavy atom. The van der Waals surface area contributed by atoms with Gasteiger partial charge in [-0.2, -0.15) is 5.10 Å². The van der Waals surface area contributed by atoms with Crippen LogP contribution in [0.2, 0.25) is 0 Å². The molecule has 1 fully saturated rings. The molecule has 28 heavy (non-hydrogen) atoms. The van der Waals surface area contributed by atoms with Gasteiger partial charge in [0.05, 0.1) is 11.2 Å². The molecule has 0 spiro atoms. The van der Waals surface area contributed by atoms with Crippen LogP contribution in [0.1, 0.15) is 12.8 Å². The lowest BCUT2D eigenvalue weighted by Crippen LogP contribution is -2.55. The van der Waals surface area contributed by atoms with Crippen molar-refractivity contribution in [2.24, 2.45) is 0 Å². The molecule has 2 aromatic carbocycles. The van der Waals surface area contributed by atoms with E-state index in [1.165, 1.54) is 12.1 Å². The van der Waals surface area contributed by atoms with Crippen LogP contribution in [-0.4, -0.2) is 53.9 Å². The zero-order valence-corrected chi connectivity index (χ0v) is 16.0. The van der Waals surface area contributed by atoms with Crippen LogP contribution in [-0.2, 0) is 9.53 Å². The first-order valence-electron chi connectivity index (χ1n) is 9.30. The molecule has 1 amide bonds. The van der Waals surface area contributed by atoms with Gasteiger partial charge < -0.3 is 15.0 Å². The van der Waals surface area contributed by atoms with Gasteiger partial charge in [-0.1, -0.05) is 0 Å². The van der Waals surface area contributed by atoms with Gasteiger partial charge in [0.15, 0.2) is 5.60 Å². The van der Waals surface area contributed by atoms with Crippen LogP contribution in [0, 0.1) is 5.82 Å². The molecule has 0 radical (unpaired) electrons. The first-order valence-corrected chi connectivity index (χ1v) is 9.30. The number of amides is 1. The molecule has 0 saturated carbocycles. The Kier molecular flexibility index (Phi) is 4.87. The SMILES string of the molecule is COC1(C(=O)Nc2ccc3[nH]nc(-c4ccc(F)cc4)c3c2)CCCN(C)C1. The van der Waals surface area contributed by atoms with Crippen molar-refractivity contribution in [3.63, 3.8) is 0 Å². The van der Waals surface area contributed by atoms with Crippen molar-refractivity contribution in [3.05, 3.63) is 48.3 Å². The van der Waals surface area contributed by atoms with E-state index in [-0.39, 0.29) is 11.7 Å².